The molecule has 2 rings (SSSR count). The van der Waals surface area contributed by atoms with E-state index in [1.807, 2.05) is 0 Å². The highest BCUT2D eigenvalue weighted by Crippen LogP contribution is 2.25. The molecule has 0 bridgehead atoms. The fourth-order valence-electron chi connectivity index (χ4n) is 1.85. The molecule has 0 fully saturated rings. The average molecular weight is 367 g/mol. The van der Waals surface area contributed by atoms with Gasteiger partial charge in [-0.2, -0.15) is 0 Å². The first kappa shape index (κ1) is 18.0. The van der Waals surface area contributed by atoms with Gasteiger partial charge >= 0.3 is 5.97 Å². The van der Waals surface area contributed by atoms with E-state index in [1.54, 1.807) is 37.4 Å². The summed E-state index contributed by atoms with van der Waals surface area (Å²) in [4.78, 5) is 24.0. The molecule has 5 nitrogen and oxygen atoms in total. The predicted octanol–water partition coefficient (Wildman–Crippen LogP) is 3.86. The standard InChI is InChI=1S/C17H15ClO5S/c1-21-12-4-5-14(22-2)11(9-12)3-8-17(20)23-10-13(19)15-6-7-16(18)24-15/h3-9H,10H2,1-2H3. The number of ketones is 1. The van der Waals surface area contributed by atoms with Crippen LogP contribution in [-0.2, 0) is 9.53 Å². The molecule has 1 aromatic carbocycles. The molecule has 24 heavy (non-hydrogen) atoms. The van der Waals surface area contributed by atoms with Crippen LogP contribution in [0, 0.1) is 0 Å². The van der Waals surface area contributed by atoms with Gasteiger partial charge in [-0.25, -0.2) is 4.79 Å². The first-order chi connectivity index (χ1) is 11.5. The molecule has 0 saturated heterocycles. The van der Waals surface area contributed by atoms with Crippen LogP contribution in [0.1, 0.15) is 15.2 Å². The van der Waals surface area contributed by atoms with Crippen LogP contribution in [0.5, 0.6) is 11.5 Å². The molecule has 0 radical (unpaired) electrons. The molecule has 0 N–H and O–H groups in total. The molecule has 0 unspecified atom stereocenters. The lowest BCUT2D eigenvalue weighted by Gasteiger charge is -2.07. The number of Topliss-reactive ketones (excluding diaryl/α,β-unsaturated/α-hetero) is 1. The molecule has 126 valence electrons. The minimum absolute atomic E-state index is 0.299. The second-order valence-corrected chi connectivity index (χ2v) is 6.29. The first-order valence-corrected chi connectivity index (χ1v) is 8.08. The molecule has 0 aliphatic rings. The van der Waals surface area contributed by atoms with Gasteiger partial charge in [-0.1, -0.05) is 11.6 Å². The topological polar surface area (TPSA) is 61.8 Å². The minimum Gasteiger partial charge on any atom is -0.497 e. The number of carbonyl (C=O) groups excluding carboxylic acids is 2. The molecule has 0 aliphatic carbocycles. The summed E-state index contributed by atoms with van der Waals surface area (Å²) >= 11 is 6.91. The highest BCUT2D eigenvalue weighted by atomic mass is 35.5. The molecule has 0 atom stereocenters. The van der Waals surface area contributed by atoms with Crippen LogP contribution in [0.15, 0.2) is 36.4 Å². The summed E-state index contributed by atoms with van der Waals surface area (Å²) in [5.74, 6) is 0.293. The van der Waals surface area contributed by atoms with Crippen molar-refractivity contribution < 1.29 is 23.8 Å². The number of carbonyl (C=O) groups is 2. The molecule has 0 amide bonds. The van der Waals surface area contributed by atoms with E-state index in [1.165, 1.54) is 19.3 Å². The van der Waals surface area contributed by atoms with Crippen molar-refractivity contribution in [1.29, 1.82) is 0 Å². The van der Waals surface area contributed by atoms with Crippen LogP contribution < -0.4 is 9.47 Å². The summed E-state index contributed by atoms with van der Waals surface area (Å²) in [5, 5.41) is 0. The van der Waals surface area contributed by atoms with Gasteiger partial charge in [-0.3, -0.25) is 4.79 Å². The Morgan fingerprint density at radius 2 is 1.96 bits per heavy atom. The smallest absolute Gasteiger partial charge is 0.331 e. The predicted molar refractivity (Wildman–Crippen MR) is 93.2 cm³/mol. The van der Waals surface area contributed by atoms with Crippen molar-refractivity contribution in [1.82, 2.24) is 0 Å². The first-order valence-electron chi connectivity index (χ1n) is 6.89. The summed E-state index contributed by atoms with van der Waals surface area (Å²) in [5.41, 5.74) is 0.658. The fourth-order valence-corrected chi connectivity index (χ4v) is 2.81. The average Bonchev–Trinajstić information content (AvgIpc) is 3.04. The van der Waals surface area contributed by atoms with Crippen LogP contribution >= 0.6 is 22.9 Å². The lowest BCUT2D eigenvalue weighted by molar-refractivity contribution is -0.136. The largest absolute Gasteiger partial charge is 0.497 e. The van der Waals surface area contributed by atoms with Crippen LogP contribution in [0.25, 0.3) is 6.08 Å². The lowest BCUT2D eigenvalue weighted by Crippen LogP contribution is -2.11. The van der Waals surface area contributed by atoms with Crippen LogP contribution in [0.3, 0.4) is 0 Å². The van der Waals surface area contributed by atoms with E-state index in [9.17, 15) is 9.59 Å². The zero-order chi connectivity index (χ0) is 17.5. The zero-order valence-corrected chi connectivity index (χ0v) is 14.6. The van der Waals surface area contributed by atoms with E-state index in [4.69, 9.17) is 25.8 Å². The summed E-state index contributed by atoms with van der Waals surface area (Å²) in [6.07, 6.45) is 2.77. The summed E-state index contributed by atoms with van der Waals surface area (Å²) in [6, 6.07) is 8.42. The SMILES string of the molecule is COc1ccc(OC)c(C=CC(=O)OCC(=O)c2ccc(Cl)s2)c1. The van der Waals surface area contributed by atoms with Crippen molar-refractivity contribution >= 4 is 40.8 Å². The van der Waals surface area contributed by atoms with E-state index >= 15 is 0 Å². The van der Waals surface area contributed by atoms with Gasteiger partial charge in [-0.05, 0) is 36.4 Å². The molecule has 1 aromatic heterocycles. The molecule has 0 saturated carbocycles. The van der Waals surface area contributed by atoms with Gasteiger partial charge in [0, 0.05) is 11.6 Å². The van der Waals surface area contributed by atoms with Crippen molar-refractivity contribution in [2.75, 3.05) is 20.8 Å². The lowest BCUT2D eigenvalue weighted by atomic mass is 10.1. The fraction of sp³-hybridized carbons (Fsp3) is 0.176. The van der Waals surface area contributed by atoms with Crippen molar-refractivity contribution in [3.8, 4) is 11.5 Å². The third kappa shape index (κ3) is 4.84. The monoisotopic (exact) mass is 366 g/mol. The van der Waals surface area contributed by atoms with Gasteiger partial charge in [0.15, 0.2) is 6.61 Å². The van der Waals surface area contributed by atoms with E-state index in [2.05, 4.69) is 0 Å². The Morgan fingerprint density at radius 3 is 2.58 bits per heavy atom. The van der Waals surface area contributed by atoms with Crippen LogP contribution in [0.4, 0.5) is 0 Å². The number of thiophene rings is 1. The van der Waals surface area contributed by atoms with Crippen LogP contribution in [0.2, 0.25) is 4.34 Å². The maximum absolute atomic E-state index is 11.8. The Labute approximate surface area is 148 Å². The maximum Gasteiger partial charge on any atom is 0.331 e. The Hall–Kier alpha value is -2.31. The molecular weight excluding hydrogens is 352 g/mol. The number of methoxy groups -OCH3 is 2. The highest BCUT2D eigenvalue weighted by molar-refractivity contribution is 7.18. The minimum atomic E-state index is -0.629. The van der Waals surface area contributed by atoms with Gasteiger partial charge in [0.2, 0.25) is 5.78 Å². The quantitative estimate of drug-likeness (QED) is 0.423. The van der Waals surface area contributed by atoms with Crippen LogP contribution in [-0.4, -0.2) is 32.6 Å². The number of benzene rings is 1. The summed E-state index contributed by atoms with van der Waals surface area (Å²) in [7, 11) is 3.08. The Kier molecular flexibility index (Phi) is 6.40. The van der Waals surface area contributed by atoms with Gasteiger partial charge < -0.3 is 14.2 Å². The van der Waals surface area contributed by atoms with Gasteiger partial charge in [0.25, 0.3) is 0 Å². The molecule has 1 heterocycles. The normalized spacial score (nSPS) is 10.6. The Balaban J connectivity index is 1.96. The molecule has 0 spiro atoms. The van der Waals surface area contributed by atoms with E-state index in [-0.39, 0.29) is 12.4 Å². The maximum atomic E-state index is 11.8. The number of hydrogen-bond acceptors (Lipinski definition) is 6. The Bertz CT molecular complexity index is 766. The van der Waals surface area contributed by atoms with Crippen molar-refractivity contribution in [3.63, 3.8) is 0 Å². The summed E-state index contributed by atoms with van der Waals surface area (Å²) < 4.78 is 15.8. The third-order valence-electron chi connectivity index (χ3n) is 3.03. The van der Waals surface area contributed by atoms with Crippen molar-refractivity contribution in [2.24, 2.45) is 0 Å². The molecular formula is C17H15ClO5S. The van der Waals surface area contributed by atoms with E-state index < -0.39 is 5.97 Å². The summed E-state index contributed by atoms with van der Waals surface area (Å²) in [6.45, 7) is -0.338. The van der Waals surface area contributed by atoms with Gasteiger partial charge in [0.1, 0.15) is 11.5 Å². The second kappa shape index (κ2) is 8.52. The Morgan fingerprint density at radius 1 is 1.17 bits per heavy atom. The third-order valence-corrected chi connectivity index (χ3v) is 4.30. The van der Waals surface area contributed by atoms with E-state index in [0.717, 1.165) is 11.3 Å². The highest BCUT2D eigenvalue weighted by Gasteiger charge is 2.11. The number of halogens is 1. The van der Waals surface area contributed by atoms with Crippen molar-refractivity contribution in [2.45, 2.75) is 0 Å². The number of ether oxygens (including phenoxy) is 3. The van der Waals surface area contributed by atoms with Gasteiger partial charge in [-0.15, -0.1) is 11.3 Å². The number of hydrogen-bond donors (Lipinski definition) is 0. The van der Waals surface area contributed by atoms with Gasteiger partial charge in [0.05, 0.1) is 23.4 Å². The molecule has 2 aromatic rings. The number of rotatable bonds is 7. The van der Waals surface area contributed by atoms with E-state index in [0.29, 0.717) is 26.3 Å². The molecule has 7 heteroatoms. The number of esters is 1. The molecule has 0 aliphatic heterocycles. The van der Waals surface area contributed by atoms with Crippen molar-refractivity contribution in [3.05, 3.63) is 51.2 Å². The zero-order valence-electron chi connectivity index (χ0n) is 13.1. The second-order valence-electron chi connectivity index (χ2n) is 4.58.